The molecule has 8 heteroatoms. The molecule has 144 valence electrons. The van der Waals surface area contributed by atoms with E-state index in [4.69, 9.17) is 9.57 Å². The molecule has 1 unspecified atom stereocenters. The van der Waals surface area contributed by atoms with Crippen LogP contribution in [0.4, 0.5) is 4.79 Å². The largest absolute Gasteiger partial charge is 0.444 e. The van der Waals surface area contributed by atoms with Crippen LogP contribution in [0.1, 0.15) is 55.3 Å². The van der Waals surface area contributed by atoms with Crippen LogP contribution in [-0.2, 0) is 14.4 Å². The number of hydrogen-bond donors (Lipinski definition) is 0. The Labute approximate surface area is 157 Å². The fraction of sp³-hybridized carbons (Fsp3) is 0.474. The second-order valence-electron chi connectivity index (χ2n) is 8.36. The fourth-order valence-corrected chi connectivity index (χ4v) is 3.25. The molecule has 0 N–H and O–H groups in total. The van der Waals surface area contributed by atoms with E-state index in [1.807, 2.05) is 0 Å². The van der Waals surface area contributed by atoms with E-state index in [9.17, 15) is 19.2 Å². The first-order chi connectivity index (χ1) is 12.4. The van der Waals surface area contributed by atoms with Gasteiger partial charge in [-0.25, -0.2) is 9.59 Å². The standard InChI is InChI=1S/C19H22N2O6/c1-18(2,3)26-17(25)20-10-19(4,5)13(20)16(24)27-21-14(22)11-8-6-7-9-12(11)15(21)23/h6-9,13H,10H2,1-5H3. The molecular formula is C19H22N2O6. The number of likely N-dealkylation sites (tertiary alicyclic amines) is 1. The Morgan fingerprint density at radius 2 is 1.59 bits per heavy atom. The zero-order chi connectivity index (χ0) is 20.1. The smallest absolute Gasteiger partial charge is 0.411 e. The zero-order valence-corrected chi connectivity index (χ0v) is 15.9. The Morgan fingerprint density at radius 1 is 1.07 bits per heavy atom. The van der Waals surface area contributed by atoms with Crippen LogP contribution in [-0.4, -0.2) is 52.0 Å². The molecule has 27 heavy (non-hydrogen) atoms. The molecule has 2 heterocycles. The van der Waals surface area contributed by atoms with Gasteiger partial charge >= 0.3 is 12.1 Å². The minimum absolute atomic E-state index is 0.173. The number of nitrogens with zero attached hydrogens (tertiary/aromatic N) is 2. The van der Waals surface area contributed by atoms with Gasteiger partial charge in [0, 0.05) is 12.0 Å². The summed E-state index contributed by atoms with van der Waals surface area (Å²) in [5.74, 6) is -2.26. The Morgan fingerprint density at radius 3 is 2.04 bits per heavy atom. The third-order valence-electron chi connectivity index (χ3n) is 4.42. The van der Waals surface area contributed by atoms with Gasteiger partial charge in [0.05, 0.1) is 11.1 Å². The van der Waals surface area contributed by atoms with Gasteiger partial charge in [0.15, 0.2) is 0 Å². The van der Waals surface area contributed by atoms with Crippen LogP contribution in [0.5, 0.6) is 0 Å². The number of benzene rings is 1. The van der Waals surface area contributed by atoms with Crippen LogP contribution >= 0.6 is 0 Å². The fourth-order valence-electron chi connectivity index (χ4n) is 3.25. The summed E-state index contributed by atoms with van der Waals surface area (Å²) in [6.45, 7) is 9.06. The SMILES string of the molecule is CC(C)(C)OC(=O)N1CC(C)(C)C1C(=O)ON1C(=O)c2ccccc2C1=O. The number of rotatable bonds is 2. The molecule has 3 rings (SSSR count). The first-order valence-electron chi connectivity index (χ1n) is 8.61. The highest BCUT2D eigenvalue weighted by molar-refractivity contribution is 6.21. The predicted octanol–water partition coefficient (Wildman–Crippen LogP) is 2.39. The summed E-state index contributed by atoms with van der Waals surface area (Å²) in [4.78, 5) is 56.1. The molecule has 2 aliphatic heterocycles. The highest BCUT2D eigenvalue weighted by Gasteiger charge is 2.56. The molecule has 1 saturated heterocycles. The molecule has 1 aromatic carbocycles. The highest BCUT2D eigenvalue weighted by atomic mass is 16.7. The van der Waals surface area contributed by atoms with Crippen molar-refractivity contribution in [2.45, 2.75) is 46.3 Å². The van der Waals surface area contributed by atoms with Crippen molar-refractivity contribution in [2.75, 3.05) is 6.54 Å². The number of fused-ring (bicyclic) bond motifs is 1. The van der Waals surface area contributed by atoms with E-state index in [-0.39, 0.29) is 11.1 Å². The minimum atomic E-state index is -0.961. The zero-order valence-electron chi connectivity index (χ0n) is 15.9. The third-order valence-corrected chi connectivity index (χ3v) is 4.42. The van der Waals surface area contributed by atoms with Crippen molar-refractivity contribution in [3.05, 3.63) is 35.4 Å². The van der Waals surface area contributed by atoms with E-state index in [1.54, 1.807) is 46.8 Å². The Kier molecular flexibility index (Phi) is 4.25. The molecule has 0 saturated carbocycles. The second-order valence-corrected chi connectivity index (χ2v) is 8.36. The monoisotopic (exact) mass is 374 g/mol. The number of carbonyl (C=O) groups is 4. The van der Waals surface area contributed by atoms with Crippen molar-refractivity contribution < 1.29 is 28.8 Å². The lowest BCUT2D eigenvalue weighted by Crippen LogP contribution is -2.68. The van der Waals surface area contributed by atoms with E-state index < -0.39 is 40.9 Å². The molecule has 0 bridgehead atoms. The van der Waals surface area contributed by atoms with Gasteiger partial charge in [0.2, 0.25) is 0 Å². The number of ether oxygens (including phenoxy) is 1. The van der Waals surface area contributed by atoms with Gasteiger partial charge in [0.25, 0.3) is 11.8 Å². The van der Waals surface area contributed by atoms with Crippen LogP contribution in [0.3, 0.4) is 0 Å². The minimum Gasteiger partial charge on any atom is -0.444 e. The number of imide groups is 1. The summed E-state index contributed by atoms with van der Waals surface area (Å²) in [5.41, 5.74) is -0.945. The maximum atomic E-state index is 12.7. The first-order valence-corrected chi connectivity index (χ1v) is 8.61. The Balaban J connectivity index is 1.76. The van der Waals surface area contributed by atoms with E-state index in [0.29, 0.717) is 11.6 Å². The molecule has 1 atom stereocenters. The van der Waals surface area contributed by atoms with Crippen molar-refractivity contribution >= 4 is 23.9 Å². The maximum Gasteiger partial charge on any atom is 0.411 e. The summed E-state index contributed by atoms with van der Waals surface area (Å²) in [6, 6.07) is 5.26. The van der Waals surface area contributed by atoms with Crippen LogP contribution in [0.2, 0.25) is 0 Å². The van der Waals surface area contributed by atoms with E-state index in [0.717, 1.165) is 0 Å². The molecule has 0 radical (unpaired) electrons. The Hall–Kier alpha value is -2.90. The number of carbonyl (C=O) groups excluding carboxylic acids is 4. The lowest BCUT2D eigenvalue weighted by molar-refractivity contribution is -0.189. The quantitative estimate of drug-likeness (QED) is 0.738. The average molecular weight is 374 g/mol. The molecule has 0 aliphatic carbocycles. The van der Waals surface area contributed by atoms with E-state index >= 15 is 0 Å². The summed E-state index contributed by atoms with van der Waals surface area (Å²) in [5, 5.41) is 0.453. The van der Waals surface area contributed by atoms with Gasteiger partial charge in [-0.05, 0) is 32.9 Å². The number of amides is 3. The van der Waals surface area contributed by atoms with Gasteiger partial charge in [-0.15, -0.1) is 0 Å². The lowest BCUT2D eigenvalue weighted by Gasteiger charge is -2.51. The second kappa shape index (κ2) is 6.07. The van der Waals surface area contributed by atoms with Gasteiger partial charge in [-0.2, -0.15) is 0 Å². The van der Waals surface area contributed by atoms with Crippen molar-refractivity contribution in [3.63, 3.8) is 0 Å². The number of hydroxylamine groups is 2. The lowest BCUT2D eigenvalue weighted by atomic mass is 9.75. The highest BCUT2D eigenvalue weighted by Crippen LogP contribution is 2.39. The summed E-state index contributed by atoms with van der Waals surface area (Å²) >= 11 is 0. The van der Waals surface area contributed by atoms with Crippen molar-refractivity contribution in [3.8, 4) is 0 Å². The van der Waals surface area contributed by atoms with Gasteiger partial charge in [0.1, 0.15) is 11.6 Å². The van der Waals surface area contributed by atoms with Crippen LogP contribution < -0.4 is 0 Å². The van der Waals surface area contributed by atoms with Crippen LogP contribution in [0.25, 0.3) is 0 Å². The van der Waals surface area contributed by atoms with Gasteiger partial charge < -0.3 is 9.57 Å². The maximum absolute atomic E-state index is 12.7. The average Bonchev–Trinajstić information content (AvgIpc) is 2.77. The molecule has 1 fully saturated rings. The van der Waals surface area contributed by atoms with Gasteiger partial charge in [-0.1, -0.05) is 31.0 Å². The molecule has 1 aromatic rings. The summed E-state index contributed by atoms with van der Waals surface area (Å²) < 4.78 is 5.31. The summed E-state index contributed by atoms with van der Waals surface area (Å²) in [7, 11) is 0. The number of hydrogen-bond acceptors (Lipinski definition) is 6. The molecule has 3 amide bonds. The summed E-state index contributed by atoms with van der Waals surface area (Å²) in [6.07, 6.45) is -0.647. The normalized spacial score (nSPS) is 20.9. The topological polar surface area (TPSA) is 93.2 Å². The first kappa shape index (κ1) is 18.9. The molecular weight excluding hydrogens is 352 g/mol. The van der Waals surface area contributed by atoms with Crippen molar-refractivity contribution in [2.24, 2.45) is 5.41 Å². The predicted molar refractivity (Wildman–Crippen MR) is 93.5 cm³/mol. The van der Waals surface area contributed by atoms with Crippen molar-refractivity contribution in [1.82, 2.24) is 9.96 Å². The van der Waals surface area contributed by atoms with Crippen LogP contribution in [0, 0.1) is 5.41 Å². The molecule has 8 nitrogen and oxygen atoms in total. The molecule has 2 aliphatic rings. The Bertz CT molecular complexity index is 804. The van der Waals surface area contributed by atoms with Crippen molar-refractivity contribution in [1.29, 1.82) is 0 Å². The molecule has 0 aromatic heterocycles. The van der Waals surface area contributed by atoms with Gasteiger partial charge in [-0.3, -0.25) is 14.5 Å². The van der Waals surface area contributed by atoms with E-state index in [2.05, 4.69) is 0 Å². The van der Waals surface area contributed by atoms with E-state index in [1.165, 1.54) is 17.0 Å². The molecule has 0 spiro atoms. The van der Waals surface area contributed by atoms with Crippen LogP contribution in [0.15, 0.2) is 24.3 Å². The third kappa shape index (κ3) is 3.27.